The Morgan fingerprint density at radius 3 is 2.87 bits per heavy atom. The summed E-state index contributed by atoms with van der Waals surface area (Å²) >= 11 is 6.18. The summed E-state index contributed by atoms with van der Waals surface area (Å²) in [6, 6.07) is 8.10. The van der Waals surface area contributed by atoms with Gasteiger partial charge in [-0.05, 0) is 26.0 Å². The molecule has 0 spiro atoms. The van der Waals surface area contributed by atoms with Gasteiger partial charge in [-0.3, -0.25) is 0 Å². The fraction of sp³-hybridized carbons (Fsp3) is 0.231. The highest BCUT2D eigenvalue weighted by molar-refractivity contribution is 6.35. The molecule has 1 aromatic heterocycles. The van der Waals surface area contributed by atoms with Crippen LogP contribution in [0.4, 0.5) is 0 Å². The lowest BCUT2D eigenvalue weighted by Gasteiger charge is -2.03. The second kappa shape index (κ2) is 4.11. The van der Waals surface area contributed by atoms with E-state index in [1.807, 2.05) is 12.1 Å². The molecule has 2 aromatic rings. The molecule has 1 heterocycles. The van der Waals surface area contributed by atoms with Gasteiger partial charge in [-0.2, -0.15) is 0 Å². The zero-order valence-corrected chi connectivity index (χ0v) is 9.75. The van der Waals surface area contributed by atoms with E-state index in [0.29, 0.717) is 0 Å². The predicted octanol–water partition coefficient (Wildman–Crippen LogP) is 4.26. The number of para-hydroxylation sites is 1. The van der Waals surface area contributed by atoms with E-state index >= 15 is 0 Å². The van der Waals surface area contributed by atoms with Crippen LogP contribution in [0.5, 0.6) is 0 Å². The molecular formula is C13H14ClN. The number of aromatic nitrogens is 1. The molecule has 78 valence electrons. The lowest BCUT2D eigenvalue weighted by Crippen LogP contribution is -1.93. The summed E-state index contributed by atoms with van der Waals surface area (Å²) in [6.07, 6.45) is 4.28. The van der Waals surface area contributed by atoms with Crippen molar-refractivity contribution in [2.24, 2.45) is 0 Å². The summed E-state index contributed by atoms with van der Waals surface area (Å²) in [5.41, 5.74) is 2.44. The van der Waals surface area contributed by atoms with Gasteiger partial charge in [0.05, 0.1) is 10.5 Å². The minimum Gasteiger partial charge on any atom is -0.342 e. The Hall–Kier alpha value is -1.21. The van der Waals surface area contributed by atoms with E-state index in [4.69, 9.17) is 11.6 Å². The number of nitrogens with zero attached hydrogens (tertiary/aromatic N) is 1. The number of allylic oxidation sites excluding steroid dienone is 2. The third kappa shape index (κ3) is 2.07. The van der Waals surface area contributed by atoms with Crippen LogP contribution in [0.25, 0.3) is 10.9 Å². The number of hydrogen-bond acceptors (Lipinski definition) is 0. The Balaban J connectivity index is 2.48. The lowest BCUT2D eigenvalue weighted by atomic mass is 10.2. The van der Waals surface area contributed by atoms with Gasteiger partial charge >= 0.3 is 0 Å². The standard InChI is InChI=1S/C13H14ClN/c1-10(2)6-8-15-9-7-11-4-3-5-12(14)13(11)15/h3-7,9H,8H2,1-2H3. The molecular weight excluding hydrogens is 206 g/mol. The van der Waals surface area contributed by atoms with Crippen molar-refractivity contribution >= 4 is 22.5 Å². The molecule has 0 aliphatic heterocycles. The molecule has 2 heteroatoms. The van der Waals surface area contributed by atoms with Gasteiger partial charge in [0.15, 0.2) is 0 Å². The summed E-state index contributed by atoms with van der Waals surface area (Å²) in [7, 11) is 0. The fourth-order valence-electron chi connectivity index (χ4n) is 1.65. The third-order valence-electron chi connectivity index (χ3n) is 2.44. The molecule has 0 aliphatic rings. The fourth-order valence-corrected chi connectivity index (χ4v) is 1.94. The summed E-state index contributed by atoms with van der Waals surface area (Å²) in [5, 5.41) is 2.02. The molecule has 0 saturated carbocycles. The number of rotatable bonds is 2. The zero-order valence-electron chi connectivity index (χ0n) is 9.00. The van der Waals surface area contributed by atoms with Crippen molar-refractivity contribution in [3.8, 4) is 0 Å². The van der Waals surface area contributed by atoms with Crippen LogP contribution in [0.2, 0.25) is 5.02 Å². The maximum absolute atomic E-state index is 6.18. The molecule has 1 aromatic carbocycles. The Bertz CT molecular complexity index is 504. The third-order valence-corrected chi connectivity index (χ3v) is 2.74. The van der Waals surface area contributed by atoms with Gasteiger partial charge in [-0.25, -0.2) is 0 Å². The Labute approximate surface area is 95.0 Å². The molecule has 0 atom stereocenters. The monoisotopic (exact) mass is 219 g/mol. The van der Waals surface area contributed by atoms with E-state index in [1.54, 1.807) is 0 Å². The second-order valence-electron chi connectivity index (χ2n) is 3.93. The van der Waals surface area contributed by atoms with Crippen molar-refractivity contribution in [3.63, 3.8) is 0 Å². The van der Waals surface area contributed by atoms with Crippen molar-refractivity contribution < 1.29 is 0 Å². The molecule has 0 N–H and O–H groups in total. The van der Waals surface area contributed by atoms with E-state index in [0.717, 1.165) is 17.1 Å². The molecule has 0 fully saturated rings. The van der Waals surface area contributed by atoms with Crippen molar-refractivity contribution in [1.29, 1.82) is 0 Å². The van der Waals surface area contributed by atoms with Crippen LogP contribution in [-0.2, 0) is 6.54 Å². The van der Waals surface area contributed by atoms with Crippen LogP contribution in [-0.4, -0.2) is 4.57 Å². The SMILES string of the molecule is CC(C)=CCn1ccc2cccc(Cl)c21. The highest BCUT2D eigenvalue weighted by Gasteiger charge is 2.02. The highest BCUT2D eigenvalue weighted by Crippen LogP contribution is 2.24. The van der Waals surface area contributed by atoms with Crippen LogP contribution >= 0.6 is 11.6 Å². The molecule has 0 saturated heterocycles. The van der Waals surface area contributed by atoms with Crippen LogP contribution < -0.4 is 0 Å². The molecule has 0 radical (unpaired) electrons. The second-order valence-corrected chi connectivity index (χ2v) is 4.33. The van der Waals surface area contributed by atoms with E-state index in [2.05, 4.69) is 42.8 Å². The van der Waals surface area contributed by atoms with Crippen LogP contribution in [0.1, 0.15) is 13.8 Å². The van der Waals surface area contributed by atoms with Gasteiger partial charge in [0, 0.05) is 18.1 Å². The van der Waals surface area contributed by atoms with E-state index in [-0.39, 0.29) is 0 Å². The molecule has 1 nitrogen and oxygen atoms in total. The molecule has 0 amide bonds. The Morgan fingerprint density at radius 1 is 1.33 bits per heavy atom. The Kier molecular flexibility index (Phi) is 2.83. The smallest absolute Gasteiger partial charge is 0.0672 e. The first kappa shape index (κ1) is 10.3. The predicted molar refractivity (Wildman–Crippen MR) is 66.4 cm³/mol. The normalized spacial score (nSPS) is 10.6. The van der Waals surface area contributed by atoms with Gasteiger partial charge in [0.2, 0.25) is 0 Å². The van der Waals surface area contributed by atoms with Gasteiger partial charge < -0.3 is 4.57 Å². The number of fused-ring (bicyclic) bond motifs is 1. The van der Waals surface area contributed by atoms with Crippen molar-refractivity contribution in [2.45, 2.75) is 20.4 Å². The molecule has 0 unspecified atom stereocenters. The summed E-state index contributed by atoms with van der Waals surface area (Å²) in [6.45, 7) is 5.09. The zero-order chi connectivity index (χ0) is 10.8. The van der Waals surface area contributed by atoms with Crippen LogP contribution in [0, 0.1) is 0 Å². The maximum Gasteiger partial charge on any atom is 0.0672 e. The topological polar surface area (TPSA) is 4.93 Å². The number of hydrogen-bond donors (Lipinski definition) is 0. The van der Waals surface area contributed by atoms with Crippen LogP contribution in [0.3, 0.4) is 0 Å². The van der Waals surface area contributed by atoms with Crippen molar-refractivity contribution in [3.05, 3.63) is 47.1 Å². The summed E-state index contributed by atoms with van der Waals surface area (Å²) in [5.74, 6) is 0. The summed E-state index contributed by atoms with van der Waals surface area (Å²) in [4.78, 5) is 0. The Morgan fingerprint density at radius 2 is 2.13 bits per heavy atom. The first-order chi connectivity index (χ1) is 7.18. The average Bonchev–Trinajstić information content (AvgIpc) is 2.59. The van der Waals surface area contributed by atoms with Gasteiger partial charge in [0.25, 0.3) is 0 Å². The lowest BCUT2D eigenvalue weighted by molar-refractivity contribution is 0.856. The molecule has 2 rings (SSSR count). The summed E-state index contributed by atoms with van der Waals surface area (Å²) < 4.78 is 2.17. The largest absolute Gasteiger partial charge is 0.342 e. The van der Waals surface area contributed by atoms with E-state index < -0.39 is 0 Å². The molecule has 15 heavy (non-hydrogen) atoms. The quantitative estimate of drug-likeness (QED) is 0.665. The number of halogens is 1. The van der Waals surface area contributed by atoms with Crippen molar-refractivity contribution in [2.75, 3.05) is 0 Å². The van der Waals surface area contributed by atoms with Crippen molar-refractivity contribution in [1.82, 2.24) is 4.57 Å². The van der Waals surface area contributed by atoms with Gasteiger partial charge in [-0.1, -0.05) is 35.4 Å². The number of benzene rings is 1. The molecule has 0 bridgehead atoms. The van der Waals surface area contributed by atoms with E-state index in [9.17, 15) is 0 Å². The minimum absolute atomic E-state index is 0.819. The van der Waals surface area contributed by atoms with E-state index in [1.165, 1.54) is 11.0 Å². The maximum atomic E-state index is 6.18. The van der Waals surface area contributed by atoms with Gasteiger partial charge in [-0.15, -0.1) is 0 Å². The van der Waals surface area contributed by atoms with Crippen LogP contribution in [0.15, 0.2) is 42.1 Å². The molecule has 0 aliphatic carbocycles. The van der Waals surface area contributed by atoms with Gasteiger partial charge in [0.1, 0.15) is 0 Å². The highest BCUT2D eigenvalue weighted by atomic mass is 35.5. The first-order valence-corrected chi connectivity index (χ1v) is 5.43. The minimum atomic E-state index is 0.819. The first-order valence-electron chi connectivity index (χ1n) is 5.05. The average molecular weight is 220 g/mol.